The average molecular weight is 244 g/mol. The number of benzene rings is 1. The third kappa shape index (κ3) is 3.44. The van der Waals surface area contributed by atoms with Crippen LogP contribution in [-0.2, 0) is 6.54 Å². The van der Waals surface area contributed by atoms with Crippen LogP contribution in [0.5, 0.6) is 0 Å². The van der Waals surface area contributed by atoms with Gasteiger partial charge in [0.15, 0.2) is 0 Å². The Kier molecular flexibility index (Phi) is 4.38. The van der Waals surface area contributed by atoms with E-state index in [2.05, 4.69) is 45.7 Å². The highest BCUT2D eigenvalue weighted by atomic mass is 79.9. The minimum absolute atomic E-state index is 0.617. The van der Waals surface area contributed by atoms with Crippen LogP contribution in [0.3, 0.4) is 0 Å². The third-order valence-electron chi connectivity index (χ3n) is 1.85. The normalized spacial score (nSPS) is 10.4. The molecule has 1 aromatic rings. The second-order valence-electron chi connectivity index (χ2n) is 2.88. The minimum Gasteiger partial charge on any atom is -0.299 e. The molecule has 0 bridgehead atoms. The smallest absolute Gasteiger partial charge is 0.0590 e. The molecule has 4 N–H and O–H groups in total. The second-order valence-corrected chi connectivity index (χ2v) is 3.79. The standard InChI is InChI=1S/C9H14BrN3/c1-7-2-3-9(10)4-8(7)5-12-6-13-11/h2-4,12-13H,5-6,11H2,1H3. The Hall–Kier alpha value is -0.420. The maximum atomic E-state index is 5.14. The molecule has 0 aliphatic heterocycles. The van der Waals surface area contributed by atoms with Crippen molar-refractivity contribution in [2.45, 2.75) is 13.5 Å². The molecule has 0 unspecified atom stereocenters. The lowest BCUT2D eigenvalue weighted by molar-refractivity contribution is 0.600. The number of halogens is 1. The molecule has 0 fully saturated rings. The fourth-order valence-electron chi connectivity index (χ4n) is 1.10. The number of nitrogens with one attached hydrogen (secondary N) is 2. The van der Waals surface area contributed by atoms with Gasteiger partial charge in [0.25, 0.3) is 0 Å². The zero-order chi connectivity index (χ0) is 9.68. The second kappa shape index (κ2) is 5.34. The molecule has 0 saturated carbocycles. The molecule has 0 aromatic heterocycles. The van der Waals surface area contributed by atoms with Crippen molar-refractivity contribution < 1.29 is 0 Å². The summed E-state index contributed by atoms with van der Waals surface area (Å²) in [5.74, 6) is 5.14. The molecule has 1 aromatic carbocycles. The van der Waals surface area contributed by atoms with Gasteiger partial charge in [-0.15, -0.1) is 0 Å². The first-order chi connectivity index (χ1) is 6.24. The van der Waals surface area contributed by atoms with E-state index in [0.717, 1.165) is 11.0 Å². The first-order valence-corrected chi connectivity index (χ1v) is 4.92. The molecule has 0 atom stereocenters. The predicted octanol–water partition coefficient (Wildman–Crippen LogP) is 1.27. The molecular weight excluding hydrogens is 230 g/mol. The summed E-state index contributed by atoms with van der Waals surface area (Å²) in [6.45, 7) is 3.54. The van der Waals surface area contributed by atoms with Crippen LogP contribution in [0, 0.1) is 6.92 Å². The van der Waals surface area contributed by atoms with Crippen LogP contribution in [0.1, 0.15) is 11.1 Å². The van der Waals surface area contributed by atoms with Crippen molar-refractivity contribution in [3.05, 3.63) is 33.8 Å². The van der Waals surface area contributed by atoms with Crippen LogP contribution in [0.4, 0.5) is 0 Å². The summed E-state index contributed by atoms with van der Waals surface area (Å²) in [7, 11) is 0. The van der Waals surface area contributed by atoms with Crippen LogP contribution in [-0.4, -0.2) is 6.67 Å². The maximum absolute atomic E-state index is 5.14. The van der Waals surface area contributed by atoms with E-state index in [4.69, 9.17) is 5.84 Å². The maximum Gasteiger partial charge on any atom is 0.0590 e. The molecule has 0 saturated heterocycles. The van der Waals surface area contributed by atoms with Gasteiger partial charge in [0, 0.05) is 11.0 Å². The van der Waals surface area contributed by atoms with E-state index >= 15 is 0 Å². The predicted molar refractivity (Wildman–Crippen MR) is 57.9 cm³/mol. The Morgan fingerprint density at radius 1 is 1.46 bits per heavy atom. The zero-order valence-corrected chi connectivity index (χ0v) is 9.19. The van der Waals surface area contributed by atoms with Crippen LogP contribution in [0.25, 0.3) is 0 Å². The summed E-state index contributed by atoms with van der Waals surface area (Å²) >= 11 is 3.44. The molecule has 1 rings (SSSR count). The Balaban J connectivity index is 2.59. The lowest BCUT2D eigenvalue weighted by atomic mass is 10.1. The van der Waals surface area contributed by atoms with Crippen molar-refractivity contribution in [2.24, 2.45) is 5.84 Å². The van der Waals surface area contributed by atoms with Crippen molar-refractivity contribution in [1.29, 1.82) is 0 Å². The van der Waals surface area contributed by atoms with Gasteiger partial charge in [0.1, 0.15) is 0 Å². The molecule has 0 aliphatic carbocycles. The number of hydrogen-bond acceptors (Lipinski definition) is 3. The average Bonchev–Trinajstić information content (AvgIpc) is 2.11. The zero-order valence-electron chi connectivity index (χ0n) is 7.60. The van der Waals surface area contributed by atoms with E-state index in [9.17, 15) is 0 Å². The van der Waals surface area contributed by atoms with E-state index in [1.165, 1.54) is 11.1 Å². The Bertz CT molecular complexity index is 276. The molecule has 13 heavy (non-hydrogen) atoms. The molecule has 4 heteroatoms. The van der Waals surface area contributed by atoms with Crippen LogP contribution in [0.15, 0.2) is 22.7 Å². The van der Waals surface area contributed by atoms with Gasteiger partial charge >= 0.3 is 0 Å². The van der Waals surface area contributed by atoms with Crippen LogP contribution < -0.4 is 16.6 Å². The van der Waals surface area contributed by atoms with Gasteiger partial charge in [-0.05, 0) is 30.2 Å². The van der Waals surface area contributed by atoms with Crippen molar-refractivity contribution in [3.63, 3.8) is 0 Å². The first-order valence-electron chi connectivity index (χ1n) is 4.13. The van der Waals surface area contributed by atoms with Crippen LogP contribution >= 0.6 is 15.9 Å². The van der Waals surface area contributed by atoms with E-state index in [-0.39, 0.29) is 0 Å². The Labute approximate surface area is 86.8 Å². The molecule has 0 radical (unpaired) electrons. The van der Waals surface area contributed by atoms with Gasteiger partial charge in [0.05, 0.1) is 6.67 Å². The molecule has 72 valence electrons. The summed E-state index contributed by atoms with van der Waals surface area (Å²) in [4.78, 5) is 0. The van der Waals surface area contributed by atoms with Gasteiger partial charge in [-0.25, -0.2) is 5.43 Å². The summed E-state index contributed by atoms with van der Waals surface area (Å²) < 4.78 is 1.11. The topological polar surface area (TPSA) is 50.1 Å². The number of aryl methyl sites for hydroxylation is 1. The first kappa shape index (κ1) is 10.7. The quantitative estimate of drug-likeness (QED) is 0.323. The lowest BCUT2D eigenvalue weighted by Crippen LogP contribution is -2.33. The van der Waals surface area contributed by atoms with E-state index in [1.54, 1.807) is 0 Å². The van der Waals surface area contributed by atoms with Crippen molar-refractivity contribution in [3.8, 4) is 0 Å². The monoisotopic (exact) mass is 243 g/mol. The minimum atomic E-state index is 0.617. The molecule has 0 heterocycles. The largest absolute Gasteiger partial charge is 0.299 e. The highest BCUT2D eigenvalue weighted by molar-refractivity contribution is 9.10. The molecule has 0 amide bonds. The number of rotatable bonds is 4. The summed E-state index contributed by atoms with van der Waals surface area (Å²) in [6.07, 6.45) is 0. The number of hydrazine groups is 1. The molecular formula is C9H14BrN3. The van der Waals surface area contributed by atoms with E-state index in [1.807, 2.05) is 6.07 Å². The van der Waals surface area contributed by atoms with E-state index in [0.29, 0.717) is 6.67 Å². The Morgan fingerprint density at radius 3 is 2.92 bits per heavy atom. The van der Waals surface area contributed by atoms with Gasteiger partial charge < -0.3 is 0 Å². The molecule has 0 aliphatic rings. The summed E-state index contributed by atoms with van der Waals surface area (Å²) in [5.41, 5.74) is 5.12. The third-order valence-corrected chi connectivity index (χ3v) is 2.35. The fraction of sp³-hybridized carbons (Fsp3) is 0.333. The van der Waals surface area contributed by atoms with Gasteiger partial charge in [-0.2, -0.15) is 0 Å². The SMILES string of the molecule is Cc1ccc(Br)cc1CNCNN. The summed E-state index contributed by atoms with van der Waals surface area (Å²) in [5, 5.41) is 3.16. The fourth-order valence-corrected chi connectivity index (χ4v) is 1.51. The van der Waals surface area contributed by atoms with Crippen molar-refractivity contribution >= 4 is 15.9 Å². The highest BCUT2D eigenvalue weighted by Crippen LogP contribution is 2.15. The van der Waals surface area contributed by atoms with Crippen molar-refractivity contribution in [2.75, 3.05) is 6.67 Å². The van der Waals surface area contributed by atoms with Gasteiger partial charge in [-0.1, -0.05) is 22.0 Å². The highest BCUT2D eigenvalue weighted by Gasteiger charge is 1.97. The van der Waals surface area contributed by atoms with Gasteiger partial charge in [-0.3, -0.25) is 11.2 Å². The summed E-state index contributed by atoms with van der Waals surface area (Å²) in [6, 6.07) is 6.25. The van der Waals surface area contributed by atoms with E-state index < -0.39 is 0 Å². The lowest BCUT2D eigenvalue weighted by Gasteiger charge is -2.07. The van der Waals surface area contributed by atoms with Gasteiger partial charge in [0.2, 0.25) is 0 Å². The van der Waals surface area contributed by atoms with Crippen LogP contribution in [0.2, 0.25) is 0 Å². The number of nitrogens with two attached hydrogens (primary N) is 1. The number of hydrogen-bond donors (Lipinski definition) is 3. The molecule has 0 spiro atoms. The molecule has 3 nitrogen and oxygen atoms in total. The Morgan fingerprint density at radius 2 is 2.23 bits per heavy atom. The van der Waals surface area contributed by atoms with Crippen molar-refractivity contribution in [1.82, 2.24) is 10.7 Å².